The van der Waals surface area contributed by atoms with E-state index in [-0.39, 0.29) is 36.8 Å². The number of hydrogen-bond donors (Lipinski definition) is 6. The maximum absolute atomic E-state index is 12.9. The molecule has 31 heavy (non-hydrogen) atoms. The lowest BCUT2D eigenvalue weighted by Crippen LogP contribution is -2.55. The van der Waals surface area contributed by atoms with Crippen LogP contribution in [-0.2, 0) is 19.2 Å². The predicted molar refractivity (Wildman–Crippen MR) is 113 cm³/mol. The predicted octanol–water partition coefficient (Wildman–Crippen LogP) is -2.14. The molecule has 3 amide bonds. The first kappa shape index (κ1) is 24.4. The molecule has 0 aromatic heterocycles. The van der Waals surface area contributed by atoms with Gasteiger partial charge in [0.15, 0.2) is 5.96 Å². The van der Waals surface area contributed by atoms with Crippen LogP contribution in [0.3, 0.4) is 0 Å². The van der Waals surface area contributed by atoms with Gasteiger partial charge in [0.2, 0.25) is 17.7 Å². The summed E-state index contributed by atoms with van der Waals surface area (Å²) in [6.07, 6.45) is 3.21. The number of aliphatic imine (C=N–C) groups is 1. The summed E-state index contributed by atoms with van der Waals surface area (Å²) in [4.78, 5) is 54.6. The lowest BCUT2D eigenvalue weighted by Gasteiger charge is -2.28. The number of likely N-dealkylation sites (tertiary alicyclic amines) is 1. The maximum Gasteiger partial charge on any atom is 0.326 e. The molecule has 4 atom stereocenters. The number of guanidine groups is 1. The SMILES string of the molecule is CC(NC(=O)C1CCCN1)C(=O)N1CCCC1C(=O)NC(CCCN=C(N)N)C(=O)O. The molecule has 8 N–H and O–H groups in total. The molecular formula is C19H33N7O5. The highest BCUT2D eigenvalue weighted by atomic mass is 16.4. The van der Waals surface area contributed by atoms with Crippen LogP contribution in [0.15, 0.2) is 4.99 Å². The number of nitrogens with one attached hydrogen (secondary N) is 3. The van der Waals surface area contributed by atoms with Crippen LogP contribution in [0.1, 0.15) is 45.4 Å². The lowest BCUT2D eigenvalue weighted by atomic mass is 10.1. The van der Waals surface area contributed by atoms with Crippen molar-refractivity contribution < 1.29 is 24.3 Å². The molecule has 0 aromatic carbocycles. The molecule has 174 valence electrons. The van der Waals surface area contributed by atoms with Crippen molar-refractivity contribution in [2.75, 3.05) is 19.6 Å². The summed E-state index contributed by atoms with van der Waals surface area (Å²) < 4.78 is 0. The molecular weight excluding hydrogens is 406 g/mol. The van der Waals surface area contributed by atoms with Gasteiger partial charge in [0, 0.05) is 13.1 Å². The topological polar surface area (TPSA) is 192 Å². The fourth-order valence-electron chi connectivity index (χ4n) is 3.86. The third kappa shape index (κ3) is 7.09. The summed E-state index contributed by atoms with van der Waals surface area (Å²) in [6.45, 7) is 2.99. The van der Waals surface area contributed by atoms with E-state index in [0.717, 1.165) is 19.4 Å². The number of amides is 3. The first-order chi connectivity index (χ1) is 14.7. The van der Waals surface area contributed by atoms with Crippen molar-refractivity contribution in [2.45, 2.75) is 69.6 Å². The van der Waals surface area contributed by atoms with Gasteiger partial charge in [-0.1, -0.05) is 0 Å². The highest BCUT2D eigenvalue weighted by Gasteiger charge is 2.38. The smallest absolute Gasteiger partial charge is 0.326 e. The summed E-state index contributed by atoms with van der Waals surface area (Å²) in [5.74, 6) is -2.36. The van der Waals surface area contributed by atoms with E-state index in [9.17, 15) is 24.3 Å². The summed E-state index contributed by atoms with van der Waals surface area (Å²) >= 11 is 0. The molecule has 4 unspecified atom stereocenters. The molecule has 12 heteroatoms. The Kier molecular flexibility index (Phi) is 9.03. The van der Waals surface area contributed by atoms with E-state index in [1.807, 2.05) is 0 Å². The molecule has 2 saturated heterocycles. The van der Waals surface area contributed by atoms with Crippen LogP contribution in [0.4, 0.5) is 0 Å². The standard InChI is InChI=1S/C19H33N7O5/c1-11(24-15(27)12-5-2-8-22-12)17(29)26-10-4-7-14(26)16(28)25-13(18(30)31)6-3-9-23-19(20)21/h11-14,22H,2-10H2,1H3,(H,24,27)(H,25,28)(H,30,31)(H4,20,21,23). The van der Waals surface area contributed by atoms with Crippen molar-refractivity contribution in [3.05, 3.63) is 0 Å². The van der Waals surface area contributed by atoms with Crippen LogP contribution in [0.5, 0.6) is 0 Å². The van der Waals surface area contributed by atoms with Gasteiger partial charge in [0.25, 0.3) is 0 Å². The first-order valence-corrected chi connectivity index (χ1v) is 10.6. The van der Waals surface area contributed by atoms with Gasteiger partial charge < -0.3 is 37.4 Å². The van der Waals surface area contributed by atoms with Crippen molar-refractivity contribution in [1.82, 2.24) is 20.9 Å². The van der Waals surface area contributed by atoms with Gasteiger partial charge in [-0.25, -0.2) is 4.79 Å². The summed E-state index contributed by atoms with van der Waals surface area (Å²) in [5.41, 5.74) is 10.5. The molecule has 0 aliphatic carbocycles. The van der Waals surface area contributed by atoms with E-state index in [2.05, 4.69) is 20.9 Å². The molecule has 0 spiro atoms. The number of aliphatic carboxylic acids is 1. The molecule has 12 nitrogen and oxygen atoms in total. The number of hydrogen-bond acceptors (Lipinski definition) is 6. The number of carbonyl (C=O) groups excluding carboxylic acids is 3. The van der Waals surface area contributed by atoms with Crippen LogP contribution < -0.4 is 27.4 Å². The van der Waals surface area contributed by atoms with Crippen molar-refractivity contribution in [3.8, 4) is 0 Å². The minimum Gasteiger partial charge on any atom is -0.480 e. The van der Waals surface area contributed by atoms with Crippen LogP contribution >= 0.6 is 0 Å². The van der Waals surface area contributed by atoms with E-state index in [1.165, 1.54) is 4.90 Å². The highest BCUT2D eigenvalue weighted by Crippen LogP contribution is 2.19. The quantitative estimate of drug-likeness (QED) is 0.126. The van der Waals surface area contributed by atoms with E-state index < -0.39 is 30.0 Å². The number of rotatable bonds is 10. The molecule has 0 aromatic rings. The van der Waals surface area contributed by atoms with Crippen LogP contribution in [-0.4, -0.2) is 83.5 Å². The second-order valence-corrected chi connectivity index (χ2v) is 7.92. The summed E-state index contributed by atoms with van der Waals surface area (Å²) in [6, 6.07) is -2.96. The van der Waals surface area contributed by atoms with Gasteiger partial charge in [-0.05, 0) is 52.0 Å². The Morgan fingerprint density at radius 2 is 1.90 bits per heavy atom. The molecule has 2 aliphatic heterocycles. The van der Waals surface area contributed by atoms with Gasteiger partial charge >= 0.3 is 5.97 Å². The monoisotopic (exact) mass is 439 g/mol. The Labute approximate surface area is 181 Å². The first-order valence-electron chi connectivity index (χ1n) is 10.6. The second kappa shape index (κ2) is 11.5. The van der Waals surface area contributed by atoms with Crippen LogP contribution in [0, 0.1) is 0 Å². The maximum atomic E-state index is 12.9. The lowest BCUT2D eigenvalue weighted by molar-refractivity contribution is -0.145. The zero-order valence-corrected chi connectivity index (χ0v) is 17.8. The zero-order valence-electron chi connectivity index (χ0n) is 17.8. The zero-order chi connectivity index (χ0) is 23.0. The van der Waals surface area contributed by atoms with Crippen LogP contribution in [0.2, 0.25) is 0 Å². The van der Waals surface area contributed by atoms with Crippen molar-refractivity contribution in [2.24, 2.45) is 16.5 Å². The number of nitrogens with zero attached hydrogens (tertiary/aromatic N) is 2. The number of carboxylic acids is 1. The van der Waals surface area contributed by atoms with Crippen LogP contribution in [0.25, 0.3) is 0 Å². The Hall–Kier alpha value is -2.89. The molecule has 0 bridgehead atoms. The van der Waals surface area contributed by atoms with Gasteiger partial charge in [-0.2, -0.15) is 0 Å². The Balaban J connectivity index is 1.91. The van der Waals surface area contributed by atoms with E-state index in [4.69, 9.17) is 11.5 Å². The minimum atomic E-state index is -1.17. The molecule has 0 radical (unpaired) electrons. The van der Waals surface area contributed by atoms with Crippen molar-refractivity contribution in [3.63, 3.8) is 0 Å². The average molecular weight is 440 g/mol. The number of nitrogens with two attached hydrogens (primary N) is 2. The third-order valence-corrected chi connectivity index (χ3v) is 5.50. The molecule has 0 saturated carbocycles. The molecule has 2 aliphatic rings. The fraction of sp³-hybridized carbons (Fsp3) is 0.737. The molecule has 2 rings (SSSR count). The second-order valence-electron chi connectivity index (χ2n) is 7.92. The summed E-state index contributed by atoms with van der Waals surface area (Å²) in [5, 5.41) is 17.7. The molecule has 2 heterocycles. The minimum absolute atomic E-state index is 0.0825. The van der Waals surface area contributed by atoms with Gasteiger partial charge in [0.1, 0.15) is 18.1 Å². The normalized spacial score (nSPS) is 22.4. The Morgan fingerprint density at radius 1 is 1.16 bits per heavy atom. The van der Waals surface area contributed by atoms with Gasteiger partial charge in [-0.3, -0.25) is 19.4 Å². The Morgan fingerprint density at radius 3 is 2.52 bits per heavy atom. The van der Waals surface area contributed by atoms with Gasteiger partial charge in [0.05, 0.1) is 6.04 Å². The highest BCUT2D eigenvalue weighted by molar-refractivity contribution is 5.94. The van der Waals surface area contributed by atoms with E-state index in [1.54, 1.807) is 6.92 Å². The molecule has 2 fully saturated rings. The largest absolute Gasteiger partial charge is 0.480 e. The van der Waals surface area contributed by atoms with E-state index in [0.29, 0.717) is 25.8 Å². The van der Waals surface area contributed by atoms with Crippen molar-refractivity contribution in [1.29, 1.82) is 0 Å². The fourth-order valence-corrected chi connectivity index (χ4v) is 3.86. The third-order valence-electron chi connectivity index (χ3n) is 5.50. The van der Waals surface area contributed by atoms with E-state index >= 15 is 0 Å². The number of carboxylic acid groups (broad SMARTS) is 1. The average Bonchev–Trinajstić information content (AvgIpc) is 3.41. The number of carbonyl (C=O) groups is 4. The van der Waals surface area contributed by atoms with Crippen molar-refractivity contribution >= 4 is 29.7 Å². The summed E-state index contributed by atoms with van der Waals surface area (Å²) in [7, 11) is 0. The van der Waals surface area contributed by atoms with Gasteiger partial charge in [-0.15, -0.1) is 0 Å². The Bertz CT molecular complexity index is 704.